The predicted octanol–water partition coefficient (Wildman–Crippen LogP) is 4.29. The third-order valence-electron chi connectivity index (χ3n) is 4.54. The average molecular weight is 364 g/mol. The van der Waals surface area contributed by atoms with Crippen molar-refractivity contribution in [2.24, 2.45) is 0 Å². The van der Waals surface area contributed by atoms with E-state index in [2.05, 4.69) is 5.32 Å². The summed E-state index contributed by atoms with van der Waals surface area (Å²) in [6.45, 7) is 1.06. The molecule has 0 saturated heterocycles. The number of fused-ring (bicyclic) bond motifs is 2. The quantitative estimate of drug-likeness (QED) is 0.737. The number of nitrogens with one attached hydrogen (secondary N) is 1. The van der Waals surface area contributed by atoms with Crippen molar-refractivity contribution in [1.29, 1.82) is 0 Å². The van der Waals surface area contributed by atoms with Crippen LogP contribution in [0.25, 0.3) is 0 Å². The first-order valence-corrected chi connectivity index (χ1v) is 9.31. The van der Waals surface area contributed by atoms with E-state index >= 15 is 0 Å². The van der Waals surface area contributed by atoms with Gasteiger partial charge in [-0.05, 0) is 35.7 Å². The second kappa shape index (κ2) is 6.07. The van der Waals surface area contributed by atoms with Gasteiger partial charge in [-0.1, -0.05) is 18.2 Å². The molecular formula is C20H16N2O3S. The van der Waals surface area contributed by atoms with E-state index in [4.69, 9.17) is 9.47 Å². The third kappa shape index (κ3) is 2.42. The summed E-state index contributed by atoms with van der Waals surface area (Å²) < 4.78 is 11.3. The van der Waals surface area contributed by atoms with Crippen molar-refractivity contribution < 1.29 is 14.3 Å². The lowest BCUT2D eigenvalue weighted by molar-refractivity contribution is 0.0975. The molecule has 5 rings (SSSR count). The number of hydrogen-bond acceptors (Lipinski definition) is 5. The molecule has 5 nitrogen and oxygen atoms in total. The molecule has 2 aliphatic rings. The monoisotopic (exact) mass is 364 g/mol. The van der Waals surface area contributed by atoms with Gasteiger partial charge in [-0.2, -0.15) is 0 Å². The zero-order valence-corrected chi connectivity index (χ0v) is 14.7. The number of hydrogen-bond donors (Lipinski definition) is 1. The number of amides is 1. The maximum absolute atomic E-state index is 13.3. The van der Waals surface area contributed by atoms with Crippen molar-refractivity contribution >= 4 is 28.6 Å². The van der Waals surface area contributed by atoms with E-state index in [1.54, 1.807) is 16.2 Å². The lowest BCUT2D eigenvalue weighted by Crippen LogP contribution is -2.42. The molecule has 6 heteroatoms. The molecule has 0 spiro atoms. The number of carbonyl (C=O) groups excluding carboxylic acids is 1. The van der Waals surface area contributed by atoms with Gasteiger partial charge in [0.25, 0.3) is 5.91 Å². The zero-order chi connectivity index (χ0) is 17.5. The summed E-state index contributed by atoms with van der Waals surface area (Å²) in [6, 6.07) is 17.3. The van der Waals surface area contributed by atoms with Crippen molar-refractivity contribution in [2.75, 3.05) is 23.4 Å². The molecule has 1 unspecified atom stereocenters. The van der Waals surface area contributed by atoms with Crippen LogP contribution in [0.15, 0.2) is 60.0 Å². The molecule has 130 valence electrons. The van der Waals surface area contributed by atoms with E-state index in [1.807, 2.05) is 60.0 Å². The van der Waals surface area contributed by atoms with Gasteiger partial charge in [0.2, 0.25) is 0 Å². The summed E-state index contributed by atoms with van der Waals surface area (Å²) in [6.07, 6.45) is -0.264. The topological polar surface area (TPSA) is 50.8 Å². The summed E-state index contributed by atoms with van der Waals surface area (Å²) in [7, 11) is 0. The normalized spacial score (nSPS) is 18.2. The van der Waals surface area contributed by atoms with E-state index in [0.717, 1.165) is 16.3 Å². The summed E-state index contributed by atoms with van der Waals surface area (Å²) in [5.41, 5.74) is 2.29. The van der Waals surface area contributed by atoms with Gasteiger partial charge < -0.3 is 14.8 Å². The van der Waals surface area contributed by atoms with Gasteiger partial charge in [-0.15, -0.1) is 11.3 Å². The molecule has 1 aromatic heterocycles. The number of benzene rings is 2. The molecule has 0 radical (unpaired) electrons. The van der Waals surface area contributed by atoms with E-state index < -0.39 is 0 Å². The Hall–Kier alpha value is -2.99. The fraction of sp³-hybridized carbons (Fsp3) is 0.150. The van der Waals surface area contributed by atoms with E-state index in [0.29, 0.717) is 30.3 Å². The molecule has 3 aromatic rings. The van der Waals surface area contributed by atoms with Crippen LogP contribution >= 0.6 is 11.3 Å². The minimum absolute atomic E-state index is 0.0329. The fourth-order valence-electron chi connectivity index (χ4n) is 3.35. The van der Waals surface area contributed by atoms with Gasteiger partial charge in [-0.25, -0.2) is 0 Å². The summed E-state index contributed by atoms with van der Waals surface area (Å²) >= 11 is 1.62. The second-order valence-corrected chi connectivity index (χ2v) is 7.09. The first-order valence-electron chi connectivity index (χ1n) is 8.43. The Morgan fingerprint density at radius 2 is 1.85 bits per heavy atom. The Morgan fingerprint density at radius 1 is 1.00 bits per heavy atom. The van der Waals surface area contributed by atoms with Crippen LogP contribution < -0.4 is 19.7 Å². The number of anilines is 2. The van der Waals surface area contributed by atoms with E-state index in [1.165, 1.54) is 0 Å². The highest BCUT2D eigenvalue weighted by Gasteiger charge is 2.35. The number of ether oxygens (including phenoxy) is 2. The predicted molar refractivity (Wildman–Crippen MR) is 101 cm³/mol. The summed E-state index contributed by atoms with van der Waals surface area (Å²) in [5, 5.41) is 5.52. The van der Waals surface area contributed by atoms with Crippen molar-refractivity contribution in [3.8, 4) is 11.5 Å². The molecule has 0 aliphatic carbocycles. The number of para-hydroxylation sites is 1. The largest absolute Gasteiger partial charge is 0.486 e. The van der Waals surface area contributed by atoms with E-state index in [-0.39, 0.29) is 12.1 Å². The van der Waals surface area contributed by atoms with Gasteiger partial charge >= 0.3 is 0 Å². The average Bonchev–Trinajstić information content (AvgIpc) is 3.22. The first kappa shape index (κ1) is 15.3. The molecular weight excluding hydrogens is 348 g/mol. The molecule has 0 fully saturated rings. The lowest BCUT2D eigenvalue weighted by Gasteiger charge is -2.37. The minimum atomic E-state index is -0.264. The van der Waals surface area contributed by atoms with Crippen LogP contribution in [0, 0.1) is 0 Å². The standard InChI is InChI=1S/C20H16N2O3S/c23-20-14-4-1-2-5-15(14)21-19(18-6-3-11-26-18)22(20)13-7-8-16-17(12-13)25-10-9-24-16/h1-8,11-12,19,21H,9-10H2. The van der Waals surface area contributed by atoms with Gasteiger partial charge in [0.05, 0.1) is 11.3 Å². The van der Waals surface area contributed by atoms with Gasteiger partial charge in [0.1, 0.15) is 19.4 Å². The molecule has 1 N–H and O–H groups in total. The highest BCUT2D eigenvalue weighted by Crippen LogP contribution is 2.41. The number of nitrogens with zero attached hydrogens (tertiary/aromatic N) is 1. The highest BCUT2D eigenvalue weighted by atomic mass is 32.1. The smallest absolute Gasteiger partial charge is 0.262 e. The van der Waals surface area contributed by atoms with Gasteiger partial charge in [0, 0.05) is 16.6 Å². The molecule has 1 atom stereocenters. The maximum atomic E-state index is 13.3. The van der Waals surface area contributed by atoms with Crippen LogP contribution in [-0.2, 0) is 0 Å². The maximum Gasteiger partial charge on any atom is 0.262 e. The van der Waals surface area contributed by atoms with Crippen LogP contribution in [0.4, 0.5) is 11.4 Å². The molecule has 0 saturated carbocycles. The van der Waals surface area contributed by atoms with Crippen molar-refractivity contribution in [1.82, 2.24) is 0 Å². The Kier molecular flexibility index (Phi) is 3.57. The Bertz CT molecular complexity index is 971. The Labute approximate surface area is 154 Å². The fourth-order valence-corrected chi connectivity index (χ4v) is 4.11. The third-order valence-corrected chi connectivity index (χ3v) is 5.47. The molecule has 2 aromatic carbocycles. The van der Waals surface area contributed by atoms with Gasteiger partial charge in [0.15, 0.2) is 11.5 Å². The molecule has 3 heterocycles. The van der Waals surface area contributed by atoms with Crippen LogP contribution in [0.5, 0.6) is 11.5 Å². The molecule has 26 heavy (non-hydrogen) atoms. The van der Waals surface area contributed by atoms with Crippen molar-refractivity contribution in [3.63, 3.8) is 0 Å². The zero-order valence-electron chi connectivity index (χ0n) is 13.8. The van der Waals surface area contributed by atoms with E-state index in [9.17, 15) is 4.79 Å². The molecule has 0 bridgehead atoms. The Morgan fingerprint density at radius 3 is 2.69 bits per heavy atom. The summed E-state index contributed by atoms with van der Waals surface area (Å²) in [5.74, 6) is 1.35. The highest BCUT2D eigenvalue weighted by molar-refractivity contribution is 7.10. The van der Waals surface area contributed by atoms with Crippen molar-refractivity contribution in [2.45, 2.75) is 6.17 Å². The van der Waals surface area contributed by atoms with Crippen LogP contribution in [0.3, 0.4) is 0 Å². The lowest BCUT2D eigenvalue weighted by atomic mass is 10.1. The van der Waals surface area contributed by atoms with Crippen molar-refractivity contribution in [3.05, 3.63) is 70.4 Å². The number of rotatable bonds is 2. The SMILES string of the molecule is O=C1c2ccccc2NC(c2cccs2)N1c1ccc2c(c1)OCCO2. The second-order valence-electron chi connectivity index (χ2n) is 6.11. The van der Waals surface area contributed by atoms with Gasteiger partial charge in [-0.3, -0.25) is 9.69 Å². The van der Waals surface area contributed by atoms with Crippen LogP contribution in [0.2, 0.25) is 0 Å². The molecule has 1 amide bonds. The number of carbonyl (C=O) groups is 1. The Balaban J connectivity index is 1.63. The first-order chi connectivity index (χ1) is 12.8. The van der Waals surface area contributed by atoms with Crippen LogP contribution in [0.1, 0.15) is 21.4 Å². The number of thiophene rings is 1. The summed E-state index contributed by atoms with van der Waals surface area (Å²) in [4.78, 5) is 16.2. The van der Waals surface area contributed by atoms with Crippen LogP contribution in [-0.4, -0.2) is 19.1 Å². The minimum Gasteiger partial charge on any atom is -0.486 e. The molecule has 2 aliphatic heterocycles.